The fourth-order valence-corrected chi connectivity index (χ4v) is 3.30. The van der Waals surface area contributed by atoms with E-state index < -0.39 is 11.9 Å². The Balaban J connectivity index is 2.14. The molecule has 0 aromatic carbocycles. The quantitative estimate of drug-likeness (QED) is 0.807. The molecular weight excluding hydrogens is 348 g/mol. The minimum Gasteiger partial charge on any atom is -0.462 e. The third-order valence-electron chi connectivity index (χ3n) is 4.54. The summed E-state index contributed by atoms with van der Waals surface area (Å²) in [6.45, 7) is 6.79. The molecule has 0 radical (unpaired) electrons. The van der Waals surface area contributed by atoms with Crippen molar-refractivity contribution in [2.75, 3.05) is 50.2 Å². The average Bonchev–Trinajstić information content (AvgIpc) is 2.79. The van der Waals surface area contributed by atoms with E-state index >= 15 is 0 Å². The fraction of sp³-hybridized carbons (Fsp3) is 0.400. The first-order chi connectivity index (χ1) is 13.1. The molecule has 0 saturated carbocycles. The van der Waals surface area contributed by atoms with Crippen LogP contribution in [-0.4, -0.2) is 51.5 Å². The molecule has 1 fully saturated rings. The van der Waals surface area contributed by atoms with Crippen LogP contribution in [0.4, 0.5) is 11.4 Å². The van der Waals surface area contributed by atoms with E-state index in [9.17, 15) is 9.59 Å². The molecule has 2 N–H and O–H groups in total. The highest BCUT2D eigenvalue weighted by atomic mass is 16.5. The van der Waals surface area contributed by atoms with Crippen LogP contribution in [0, 0.1) is 0 Å². The van der Waals surface area contributed by atoms with Crippen LogP contribution in [0.5, 0.6) is 0 Å². The minimum absolute atomic E-state index is 0.0982. The van der Waals surface area contributed by atoms with Crippen LogP contribution in [0.25, 0.3) is 11.1 Å². The molecule has 0 aromatic heterocycles. The van der Waals surface area contributed by atoms with Crippen LogP contribution in [0.2, 0.25) is 0 Å². The van der Waals surface area contributed by atoms with Crippen LogP contribution in [-0.2, 0) is 14.2 Å². The number of hydrogen-bond donors (Lipinski definition) is 1. The molecule has 1 heterocycles. The molecule has 0 amide bonds. The summed E-state index contributed by atoms with van der Waals surface area (Å²) in [5.74, 6) is -1.09. The van der Waals surface area contributed by atoms with E-state index in [0.717, 1.165) is 18.8 Å². The first-order valence-corrected chi connectivity index (χ1v) is 9.10. The Kier molecular flexibility index (Phi) is 5.81. The topological polar surface area (TPSA) is 91.1 Å². The zero-order chi connectivity index (χ0) is 19.4. The Bertz CT molecular complexity index is 759. The van der Waals surface area contributed by atoms with Crippen molar-refractivity contribution >= 4 is 23.3 Å². The number of nitrogens with two attached hydrogens (primary N) is 1. The molecule has 144 valence electrons. The van der Waals surface area contributed by atoms with Gasteiger partial charge >= 0.3 is 11.9 Å². The Morgan fingerprint density at radius 2 is 1.44 bits per heavy atom. The molecule has 1 saturated heterocycles. The van der Waals surface area contributed by atoms with Crippen LogP contribution >= 0.6 is 0 Å². The Morgan fingerprint density at radius 1 is 0.963 bits per heavy atom. The second-order valence-corrected chi connectivity index (χ2v) is 6.12. The smallest absolute Gasteiger partial charge is 0.340 e. The molecule has 0 atom stereocenters. The van der Waals surface area contributed by atoms with E-state index in [-0.39, 0.29) is 30.0 Å². The highest BCUT2D eigenvalue weighted by Gasteiger charge is 2.30. The van der Waals surface area contributed by atoms with Crippen molar-refractivity contribution in [1.82, 2.24) is 0 Å². The van der Waals surface area contributed by atoms with E-state index in [1.165, 1.54) is 0 Å². The lowest BCUT2D eigenvalue weighted by atomic mass is 10.1. The Labute approximate surface area is 158 Å². The fourth-order valence-electron chi connectivity index (χ4n) is 3.30. The minimum atomic E-state index is -0.547. The van der Waals surface area contributed by atoms with Gasteiger partial charge in [-0.2, -0.15) is 0 Å². The third-order valence-corrected chi connectivity index (χ3v) is 4.54. The van der Waals surface area contributed by atoms with Gasteiger partial charge in [-0.05, 0) is 37.1 Å². The van der Waals surface area contributed by atoms with Crippen molar-refractivity contribution in [1.29, 1.82) is 0 Å². The maximum Gasteiger partial charge on any atom is 0.340 e. The van der Waals surface area contributed by atoms with Gasteiger partial charge in [0.25, 0.3) is 0 Å². The van der Waals surface area contributed by atoms with Gasteiger partial charge in [-0.3, -0.25) is 0 Å². The molecule has 0 bridgehead atoms. The zero-order valence-electron chi connectivity index (χ0n) is 15.6. The molecule has 1 aliphatic heterocycles. The first kappa shape index (κ1) is 19.0. The number of ether oxygens (including phenoxy) is 3. The van der Waals surface area contributed by atoms with Gasteiger partial charge in [-0.15, -0.1) is 0 Å². The standard InChI is InChI=1S/C20H24N2O5/c1-3-26-19(23)16-14-7-5-13(22-9-11-25-12-10-22)6-8-15(14)17(18(16)21)20(24)27-4-2/h5-8H,3-4,9-12,21H2,1-2H3. The zero-order valence-corrected chi connectivity index (χ0v) is 15.6. The van der Waals surface area contributed by atoms with Gasteiger partial charge < -0.3 is 24.8 Å². The maximum atomic E-state index is 12.5. The number of morpholine rings is 1. The molecule has 7 heteroatoms. The average molecular weight is 372 g/mol. The lowest BCUT2D eigenvalue weighted by Gasteiger charge is -2.28. The van der Waals surface area contributed by atoms with Gasteiger partial charge in [0.1, 0.15) is 0 Å². The summed E-state index contributed by atoms with van der Waals surface area (Å²) in [7, 11) is 0. The summed E-state index contributed by atoms with van der Waals surface area (Å²) >= 11 is 0. The number of nitrogen functional groups attached to an aromatic ring is 1. The number of carbonyl (C=O) groups is 2. The summed E-state index contributed by atoms with van der Waals surface area (Å²) < 4.78 is 15.7. The summed E-state index contributed by atoms with van der Waals surface area (Å²) in [5.41, 5.74) is 8.82. The SMILES string of the molecule is CCOC(=O)c1c2ccc(N3CCOCC3)ccc-2c(C(=O)OCC)c1N. The maximum absolute atomic E-state index is 12.5. The number of nitrogens with zero attached hydrogens (tertiary/aromatic N) is 1. The van der Waals surface area contributed by atoms with Crippen LogP contribution in [0.15, 0.2) is 24.3 Å². The molecule has 0 unspecified atom stereocenters. The molecular formula is C20H24N2O5. The highest BCUT2D eigenvalue weighted by molar-refractivity contribution is 6.15. The van der Waals surface area contributed by atoms with Crippen molar-refractivity contribution in [3.8, 4) is 11.1 Å². The summed E-state index contributed by atoms with van der Waals surface area (Å²) in [6, 6.07) is 7.46. The van der Waals surface area contributed by atoms with E-state index in [1.807, 2.05) is 24.3 Å². The number of carbonyl (C=O) groups excluding carboxylic acids is 2. The summed E-state index contributed by atoms with van der Waals surface area (Å²) in [5, 5.41) is 0. The van der Waals surface area contributed by atoms with Gasteiger partial charge in [0.15, 0.2) is 0 Å². The predicted molar refractivity (Wildman–Crippen MR) is 102 cm³/mol. The van der Waals surface area contributed by atoms with E-state index in [2.05, 4.69) is 4.90 Å². The van der Waals surface area contributed by atoms with Crippen LogP contribution < -0.4 is 10.6 Å². The number of rotatable bonds is 5. The first-order valence-electron chi connectivity index (χ1n) is 9.10. The van der Waals surface area contributed by atoms with Gasteiger partial charge in [-0.1, -0.05) is 12.1 Å². The molecule has 3 rings (SSSR count). The second kappa shape index (κ2) is 8.26. The van der Waals surface area contributed by atoms with Crippen molar-refractivity contribution in [3.05, 3.63) is 35.4 Å². The predicted octanol–water partition coefficient (Wildman–Crippen LogP) is 2.56. The van der Waals surface area contributed by atoms with E-state index in [4.69, 9.17) is 19.9 Å². The van der Waals surface area contributed by atoms with Crippen molar-refractivity contribution in [2.45, 2.75) is 13.8 Å². The molecule has 3 aliphatic rings. The Morgan fingerprint density at radius 3 is 1.89 bits per heavy atom. The molecule has 7 nitrogen and oxygen atoms in total. The number of anilines is 2. The number of fused-ring (bicyclic) bond motifs is 1. The summed E-state index contributed by atoms with van der Waals surface area (Å²) in [6.07, 6.45) is 0. The van der Waals surface area contributed by atoms with Gasteiger partial charge in [0.05, 0.1) is 43.2 Å². The third kappa shape index (κ3) is 3.68. The Hall–Kier alpha value is -2.80. The summed E-state index contributed by atoms with van der Waals surface area (Å²) in [4.78, 5) is 27.2. The number of esters is 2. The molecule has 0 spiro atoms. The lowest BCUT2D eigenvalue weighted by molar-refractivity contribution is 0.0525. The van der Waals surface area contributed by atoms with E-state index in [0.29, 0.717) is 24.3 Å². The van der Waals surface area contributed by atoms with Crippen molar-refractivity contribution in [2.24, 2.45) is 0 Å². The van der Waals surface area contributed by atoms with Gasteiger partial charge in [0.2, 0.25) is 0 Å². The molecule has 0 aromatic rings. The van der Waals surface area contributed by atoms with Crippen LogP contribution in [0.1, 0.15) is 34.6 Å². The van der Waals surface area contributed by atoms with Crippen LogP contribution in [0.3, 0.4) is 0 Å². The van der Waals surface area contributed by atoms with E-state index in [1.54, 1.807) is 13.8 Å². The monoisotopic (exact) mass is 372 g/mol. The highest BCUT2D eigenvalue weighted by Crippen LogP contribution is 2.40. The normalized spacial score (nSPS) is 14.2. The van der Waals surface area contributed by atoms with Crippen molar-refractivity contribution < 1.29 is 23.8 Å². The van der Waals surface area contributed by atoms with Gasteiger partial charge in [-0.25, -0.2) is 9.59 Å². The number of hydrogen-bond acceptors (Lipinski definition) is 7. The second-order valence-electron chi connectivity index (χ2n) is 6.12. The van der Waals surface area contributed by atoms with Gasteiger partial charge in [0, 0.05) is 18.8 Å². The lowest BCUT2D eigenvalue weighted by Crippen LogP contribution is -2.35. The largest absolute Gasteiger partial charge is 0.462 e. The molecule has 27 heavy (non-hydrogen) atoms. The molecule has 2 aliphatic carbocycles. The van der Waals surface area contributed by atoms with Crippen molar-refractivity contribution in [3.63, 3.8) is 0 Å².